The number of carbonyl (C=O) groups excluding carboxylic acids is 2. The number of para-hydroxylation sites is 1. The zero-order valence-electron chi connectivity index (χ0n) is 15.8. The predicted octanol–water partition coefficient (Wildman–Crippen LogP) is 3.24. The number of allylic oxidation sites excluding steroid dienone is 2. The number of imide groups is 1. The zero-order chi connectivity index (χ0) is 20.6. The van der Waals surface area contributed by atoms with Crippen LogP contribution in [0.4, 0.5) is 5.69 Å². The number of benzene rings is 1. The second-order valence-corrected chi connectivity index (χ2v) is 8.36. The molecule has 2 aromatic rings. The molecule has 1 saturated heterocycles. The molecule has 8 nitrogen and oxygen atoms in total. The van der Waals surface area contributed by atoms with E-state index in [0.29, 0.717) is 28.9 Å². The highest BCUT2D eigenvalue weighted by Crippen LogP contribution is 2.65. The van der Waals surface area contributed by atoms with Crippen molar-refractivity contribution in [2.45, 2.75) is 6.42 Å². The Labute approximate surface area is 171 Å². The molecule has 30 heavy (non-hydrogen) atoms. The Hall–Kier alpha value is -3.55. The fraction of sp³-hybridized carbons (Fsp3) is 0.318. The topological polar surface area (TPSA) is 106 Å². The molecular weight excluding hydrogens is 386 g/mol. The quantitative estimate of drug-likeness (QED) is 0.256. The van der Waals surface area contributed by atoms with E-state index in [1.807, 2.05) is 0 Å². The summed E-state index contributed by atoms with van der Waals surface area (Å²) in [5, 5.41) is 16.4. The van der Waals surface area contributed by atoms with E-state index in [1.54, 1.807) is 30.3 Å². The lowest BCUT2D eigenvalue weighted by atomic mass is 9.63. The van der Waals surface area contributed by atoms with Crippen molar-refractivity contribution in [3.8, 4) is 11.3 Å². The number of rotatable bonds is 4. The van der Waals surface area contributed by atoms with Crippen LogP contribution < -0.4 is 0 Å². The molecule has 2 saturated carbocycles. The minimum absolute atomic E-state index is 0.0640. The largest absolute Gasteiger partial charge is 0.455 e. The molecule has 2 bridgehead atoms. The normalized spacial score (nSPS) is 33.3. The molecule has 2 heterocycles. The lowest BCUT2D eigenvalue weighted by Gasteiger charge is -2.37. The Balaban J connectivity index is 1.26. The van der Waals surface area contributed by atoms with Crippen LogP contribution >= 0.6 is 0 Å². The fourth-order valence-corrected chi connectivity index (χ4v) is 5.58. The second kappa shape index (κ2) is 5.98. The molecule has 3 fully saturated rings. The van der Waals surface area contributed by atoms with E-state index in [2.05, 4.69) is 17.3 Å². The van der Waals surface area contributed by atoms with Crippen molar-refractivity contribution in [1.29, 1.82) is 0 Å². The van der Waals surface area contributed by atoms with Gasteiger partial charge in [-0.3, -0.25) is 19.7 Å². The third kappa shape index (κ3) is 2.30. The number of nitro benzene ring substituents is 1. The minimum atomic E-state index is -0.470. The first kappa shape index (κ1) is 17.3. The van der Waals surface area contributed by atoms with Crippen molar-refractivity contribution in [1.82, 2.24) is 5.01 Å². The second-order valence-electron chi connectivity index (χ2n) is 8.36. The van der Waals surface area contributed by atoms with E-state index in [9.17, 15) is 19.7 Å². The van der Waals surface area contributed by atoms with E-state index in [0.717, 1.165) is 11.4 Å². The molecular formula is C22H17N3O5. The molecule has 0 unspecified atom stereocenters. The number of hydrogen-bond donors (Lipinski definition) is 0. The summed E-state index contributed by atoms with van der Waals surface area (Å²) in [7, 11) is 0. The van der Waals surface area contributed by atoms with Gasteiger partial charge in [0.25, 0.3) is 17.5 Å². The third-order valence-electron chi connectivity index (χ3n) is 6.93. The van der Waals surface area contributed by atoms with E-state index in [4.69, 9.17) is 4.42 Å². The molecule has 2 amide bonds. The Morgan fingerprint density at radius 3 is 2.37 bits per heavy atom. The van der Waals surface area contributed by atoms with Crippen molar-refractivity contribution in [2.75, 3.05) is 0 Å². The van der Waals surface area contributed by atoms with Gasteiger partial charge in [-0.2, -0.15) is 10.1 Å². The summed E-state index contributed by atoms with van der Waals surface area (Å²) in [6.45, 7) is 0. The highest BCUT2D eigenvalue weighted by molar-refractivity contribution is 6.06. The standard InChI is InChI=1S/C22H17N3O5/c26-21-19-12-6-7-13(16-9-15(12)16)20(19)22(27)24(21)23-10-11-5-8-18(30-11)14-3-1-2-4-17(14)25(28)29/h1-8,10,12-13,15-16,19-20H,9H2/b23-10-/t12-,13-,15-,16-,19-,20+/m1/s1. The van der Waals surface area contributed by atoms with E-state index < -0.39 is 4.92 Å². The molecule has 1 aliphatic heterocycles. The Morgan fingerprint density at radius 2 is 1.70 bits per heavy atom. The number of hydrogen-bond acceptors (Lipinski definition) is 6. The van der Waals surface area contributed by atoms with E-state index in [-0.39, 0.29) is 41.2 Å². The van der Waals surface area contributed by atoms with Crippen molar-refractivity contribution >= 4 is 23.7 Å². The lowest BCUT2D eigenvalue weighted by Crippen LogP contribution is -2.40. The van der Waals surface area contributed by atoms with Gasteiger partial charge in [-0.15, -0.1) is 0 Å². The maximum atomic E-state index is 12.9. The van der Waals surface area contributed by atoms with Gasteiger partial charge in [-0.25, -0.2) is 0 Å². The number of nitro groups is 1. The molecule has 0 spiro atoms. The summed E-state index contributed by atoms with van der Waals surface area (Å²) in [4.78, 5) is 36.6. The fourth-order valence-electron chi connectivity index (χ4n) is 5.58. The van der Waals surface area contributed by atoms with Crippen LogP contribution in [0.2, 0.25) is 0 Å². The van der Waals surface area contributed by atoms with Crippen LogP contribution in [-0.2, 0) is 9.59 Å². The number of nitrogens with zero attached hydrogens (tertiary/aromatic N) is 3. The van der Waals surface area contributed by atoms with Crippen molar-refractivity contribution in [3.05, 3.63) is 64.4 Å². The Bertz CT molecular complexity index is 1130. The number of furan rings is 1. The molecule has 0 N–H and O–H groups in total. The van der Waals surface area contributed by atoms with Crippen molar-refractivity contribution in [2.24, 2.45) is 40.6 Å². The first-order valence-corrected chi connectivity index (χ1v) is 9.98. The minimum Gasteiger partial charge on any atom is -0.455 e. The van der Waals surface area contributed by atoms with Gasteiger partial charge in [0.2, 0.25) is 0 Å². The van der Waals surface area contributed by atoms with Crippen LogP contribution in [-0.4, -0.2) is 28.0 Å². The molecule has 150 valence electrons. The lowest BCUT2D eigenvalue weighted by molar-refractivity contribution is -0.384. The predicted molar refractivity (Wildman–Crippen MR) is 105 cm³/mol. The van der Waals surface area contributed by atoms with Crippen LogP contribution in [0.15, 0.2) is 58.1 Å². The summed E-state index contributed by atoms with van der Waals surface area (Å²) < 4.78 is 5.67. The first-order chi connectivity index (χ1) is 14.5. The van der Waals surface area contributed by atoms with Crippen LogP contribution in [0.5, 0.6) is 0 Å². The van der Waals surface area contributed by atoms with Gasteiger partial charge in [0.15, 0.2) is 0 Å². The third-order valence-corrected chi connectivity index (χ3v) is 6.93. The number of hydrazone groups is 1. The molecule has 1 aromatic carbocycles. The molecule has 1 aromatic heterocycles. The Morgan fingerprint density at radius 1 is 1.03 bits per heavy atom. The van der Waals surface area contributed by atoms with Gasteiger partial charge < -0.3 is 4.42 Å². The summed E-state index contributed by atoms with van der Waals surface area (Å²) in [6, 6.07) is 9.49. The van der Waals surface area contributed by atoms with E-state index >= 15 is 0 Å². The molecule has 4 aliphatic carbocycles. The molecule has 8 heteroatoms. The summed E-state index contributed by atoms with van der Waals surface area (Å²) in [5.41, 5.74) is 0.286. The summed E-state index contributed by atoms with van der Waals surface area (Å²) >= 11 is 0. The first-order valence-electron chi connectivity index (χ1n) is 9.98. The zero-order valence-corrected chi connectivity index (χ0v) is 15.8. The van der Waals surface area contributed by atoms with Crippen molar-refractivity contribution in [3.63, 3.8) is 0 Å². The average molecular weight is 403 g/mol. The highest BCUT2D eigenvalue weighted by atomic mass is 16.6. The average Bonchev–Trinajstić information content (AvgIpc) is 3.39. The smallest absolute Gasteiger partial charge is 0.280 e. The monoisotopic (exact) mass is 403 g/mol. The van der Waals surface area contributed by atoms with Crippen LogP contribution in [0, 0.1) is 45.6 Å². The van der Waals surface area contributed by atoms with Gasteiger partial charge in [-0.05, 0) is 48.3 Å². The SMILES string of the molecule is O=C1[C@@H]2[C@@H]3C=C[C@H]([C@H]4C[C@H]34)[C@@H]2C(=O)N1/N=C\c1ccc(-c2ccccc2[N+](=O)[O-])o1. The number of carbonyl (C=O) groups is 2. The van der Waals surface area contributed by atoms with Crippen LogP contribution in [0.1, 0.15) is 12.2 Å². The summed E-state index contributed by atoms with van der Waals surface area (Å²) in [5.74, 6) is 0.924. The number of amides is 2. The molecule has 6 atom stereocenters. The molecule has 0 radical (unpaired) electrons. The van der Waals surface area contributed by atoms with Crippen LogP contribution in [0.25, 0.3) is 11.3 Å². The maximum Gasteiger partial charge on any atom is 0.280 e. The highest BCUT2D eigenvalue weighted by Gasteiger charge is 2.67. The molecule has 7 rings (SSSR count). The van der Waals surface area contributed by atoms with E-state index in [1.165, 1.54) is 12.3 Å². The molecule has 5 aliphatic rings. The van der Waals surface area contributed by atoms with Crippen LogP contribution in [0.3, 0.4) is 0 Å². The van der Waals surface area contributed by atoms with Crippen molar-refractivity contribution < 1.29 is 18.9 Å². The van der Waals surface area contributed by atoms with Gasteiger partial charge in [0.1, 0.15) is 11.5 Å². The Kier molecular flexibility index (Phi) is 3.45. The maximum absolute atomic E-state index is 12.9. The summed E-state index contributed by atoms with van der Waals surface area (Å²) in [6.07, 6.45) is 6.66. The van der Waals surface area contributed by atoms with Gasteiger partial charge >= 0.3 is 0 Å². The van der Waals surface area contributed by atoms with Gasteiger partial charge in [-0.1, -0.05) is 24.3 Å². The van der Waals surface area contributed by atoms with Gasteiger partial charge in [0.05, 0.1) is 28.5 Å². The van der Waals surface area contributed by atoms with Gasteiger partial charge in [0, 0.05) is 6.07 Å².